The minimum Gasteiger partial charge on any atom is -0.337 e. The molecule has 0 aliphatic heterocycles. The van der Waals surface area contributed by atoms with E-state index in [1.807, 2.05) is 6.07 Å². The van der Waals surface area contributed by atoms with Gasteiger partial charge in [0.25, 0.3) is 5.91 Å². The SMILES string of the molecule is N#C/C(=C/Nc1nccs1)C(=O)Nc1ccc(Br)cc1. The van der Waals surface area contributed by atoms with E-state index in [1.165, 1.54) is 17.5 Å². The number of carbonyl (C=O) groups is 1. The molecule has 0 saturated heterocycles. The highest BCUT2D eigenvalue weighted by Crippen LogP contribution is 2.15. The number of aromatic nitrogens is 1. The van der Waals surface area contributed by atoms with Crippen molar-refractivity contribution in [1.29, 1.82) is 5.26 Å². The van der Waals surface area contributed by atoms with Crippen LogP contribution in [0, 0.1) is 11.3 Å². The normalized spacial score (nSPS) is 10.7. The van der Waals surface area contributed by atoms with Gasteiger partial charge in [-0.1, -0.05) is 15.9 Å². The van der Waals surface area contributed by atoms with Gasteiger partial charge in [0.15, 0.2) is 5.13 Å². The molecule has 1 aromatic carbocycles. The first-order chi connectivity index (χ1) is 9.69. The maximum Gasteiger partial charge on any atom is 0.267 e. The first-order valence-electron chi connectivity index (χ1n) is 5.52. The molecule has 100 valence electrons. The Kier molecular flexibility index (Phi) is 4.87. The van der Waals surface area contributed by atoms with Crippen LogP contribution in [0.1, 0.15) is 0 Å². The second kappa shape index (κ2) is 6.84. The molecule has 0 saturated carbocycles. The van der Waals surface area contributed by atoms with E-state index in [4.69, 9.17) is 5.26 Å². The zero-order valence-corrected chi connectivity index (χ0v) is 12.5. The van der Waals surface area contributed by atoms with Crippen LogP contribution in [0.4, 0.5) is 10.8 Å². The van der Waals surface area contributed by atoms with Crippen LogP contribution in [0.5, 0.6) is 0 Å². The molecule has 0 fully saturated rings. The predicted molar refractivity (Wildman–Crippen MR) is 82.2 cm³/mol. The predicted octanol–water partition coefficient (Wildman–Crippen LogP) is 3.36. The Labute approximate surface area is 128 Å². The summed E-state index contributed by atoms with van der Waals surface area (Å²) in [7, 11) is 0. The largest absolute Gasteiger partial charge is 0.337 e. The molecule has 2 N–H and O–H groups in total. The second-order valence-corrected chi connectivity index (χ2v) is 5.42. The van der Waals surface area contributed by atoms with E-state index >= 15 is 0 Å². The maximum atomic E-state index is 11.9. The van der Waals surface area contributed by atoms with E-state index in [1.54, 1.807) is 35.8 Å². The van der Waals surface area contributed by atoms with Crippen molar-refractivity contribution in [2.45, 2.75) is 0 Å². The number of benzene rings is 1. The summed E-state index contributed by atoms with van der Waals surface area (Å²) in [4.78, 5) is 15.9. The Morgan fingerprint density at radius 1 is 1.40 bits per heavy atom. The van der Waals surface area contributed by atoms with Crippen LogP contribution in [0.25, 0.3) is 0 Å². The maximum absolute atomic E-state index is 11.9. The molecule has 0 radical (unpaired) electrons. The highest BCUT2D eigenvalue weighted by atomic mass is 79.9. The Bertz CT molecular complexity index is 659. The monoisotopic (exact) mass is 348 g/mol. The number of nitriles is 1. The van der Waals surface area contributed by atoms with Gasteiger partial charge in [-0.2, -0.15) is 5.26 Å². The van der Waals surface area contributed by atoms with Crippen molar-refractivity contribution < 1.29 is 4.79 Å². The van der Waals surface area contributed by atoms with E-state index in [0.717, 1.165) is 4.47 Å². The number of carbonyl (C=O) groups excluding carboxylic acids is 1. The molecule has 0 aliphatic carbocycles. The molecule has 1 amide bonds. The number of hydrogen-bond donors (Lipinski definition) is 2. The fourth-order valence-electron chi connectivity index (χ4n) is 1.31. The van der Waals surface area contributed by atoms with Crippen molar-refractivity contribution >= 4 is 44.0 Å². The van der Waals surface area contributed by atoms with Gasteiger partial charge in [-0.25, -0.2) is 4.98 Å². The molecule has 2 rings (SSSR count). The molecule has 7 heteroatoms. The number of anilines is 2. The molecular weight excluding hydrogens is 340 g/mol. The fraction of sp³-hybridized carbons (Fsp3) is 0. The van der Waals surface area contributed by atoms with E-state index < -0.39 is 5.91 Å². The van der Waals surface area contributed by atoms with Crippen molar-refractivity contribution in [1.82, 2.24) is 4.98 Å². The van der Waals surface area contributed by atoms with Crippen LogP contribution in [0.2, 0.25) is 0 Å². The van der Waals surface area contributed by atoms with Crippen molar-refractivity contribution in [2.75, 3.05) is 10.6 Å². The summed E-state index contributed by atoms with van der Waals surface area (Å²) in [6, 6.07) is 8.94. The lowest BCUT2D eigenvalue weighted by atomic mass is 10.2. The number of nitrogens with zero attached hydrogens (tertiary/aromatic N) is 2. The first-order valence-corrected chi connectivity index (χ1v) is 7.19. The van der Waals surface area contributed by atoms with E-state index in [-0.39, 0.29) is 5.57 Å². The van der Waals surface area contributed by atoms with E-state index in [0.29, 0.717) is 10.8 Å². The van der Waals surface area contributed by atoms with Crippen LogP contribution >= 0.6 is 27.3 Å². The second-order valence-electron chi connectivity index (χ2n) is 3.61. The molecule has 1 aromatic heterocycles. The summed E-state index contributed by atoms with van der Waals surface area (Å²) in [6.07, 6.45) is 2.97. The van der Waals surface area contributed by atoms with Gasteiger partial charge in [0.2, 0.25) is 0 Å². The fourth-order valence-corrected chi connectivity index (χ4v) is 2.07. The molecule has 1 heterocycles. The minimum atomic E-state index is -0.473. The van der Waals surface area contributed by atoms with Crippen LogP contribution < -0.4 is 10.6 Å². The van der Waals surface area contributed by atoms with Crippen molar-refractivity contribution in [3.05, 3.63) is 52.1 Å². The standard InChI is InChI=1S/C13H9BrN4OS/c14-10-1-3-11(4-2-10)18-12(19)9(7-15)8-17-13-16-5-6-20-13/h1-6,8H,(H,16,17)(H,18,19)/b9-8-. The van der Waals surface area contributed by atoms with Crippen LogP contribution in [-0.2, 0) is 4.79 Å². The van der Waals surface area contributed by atoms with Gasteiger partial charge >= 0.3 is 0 Å². The molecule has 0 unspecified atom stereocenters. The number of halogens is 1. The number of rotatable bonds is 4. The van der Waals surface area contributed by atoms with Gasteiger partial charge in [-0.05, 0) is 24.3 Å². The number of nitrogens with one attached hydrogen (secondary N) is 2. The Balaban J connectivity index is 2.04. The highest BCUT2D eigenvalue weighted by molar-refractivity contribution is 9.10. The van der Waals surface area contributed by atoms with Crippen molar-refractivity contribution in [3.8, 4) is 6.07 Å². The van der Waals surface area contributed by atoms with Gasteiger partial charge in [0, 0.05) is 27.9 Å². The molecule has 0 aliphatic rings. The Hall–Kier alpha value is -2.17. The third-order valence-electron chi connectivity index (χ3n) is 2.24. The molecule has 5 nitrogen and oxygen atoms in total. The lowest BCUT2D eigenvalue weighted by Crippen LogP contribution is -2.14. The summed E-state index contributed by atoms with van der Waals surface area (Å²) >= 11 is 4.69. The lowest BCUT2D eigenvalue weighted by Gasteiger charge is -2.04. The van der Waals surface area contributed by atoms with Crippen molar-refractivity contribution in [3.63, 3.8) is 0 Å². The lowest BCUT2D eigenvalue weighted by molar-refractivity contribution is -0.112. The van der Waals surface area contributed by atoms with Crippen LogP contribution in [-0.4, -0.2) is 10.9 Å². The summed E-state index contributed by atoms with van der Waals surface area (Å²) in [5.41, 5.74) is 0.594. The third kappa shape index (κ3) is 3.91. The Morgan fingerprint density at radius 2 is 2.15 bits per heavy atom. The quantitative estimate of drug-likeness (QED) is 0.655. The van der Waals surface area contributed by atoms with Gasteiger partial charge in [-0.15, -0.1) is 11.3 Å². The van der Waals surface area contributed by atoms with E-state index in [9.17, 15) is 4.79 Å². The molecule has 0 bridgehead atoms. The smallest absolute Gasteiger partial charge is 0.267 e. The summed E-state index contributed by atoms with van der Waals surface area (Å²) < 4.78 is 0.914. The van der Waals surface area contributed by atoms with Crippen molar-refractivity contribution in [2.24, 2.45) is 0 Å². The van der Waals surface area contributed by atoms with Crippen LogP contribution in [0.15, 0.2) is 52.1 Å². The summed E-state index contributed by atoms with van der Waals surface area (Å²) in [5.74, 6) is -0.473. The van der Waals surface area contributed by atoms with Gasteiger partial charge in [0.1, 0.15) is 11.6 Å². The average molecular weight is 349 g/mol. The summed E-state index contributed by atoms with van der Waals surface area (Å²) in [5, 5.41) is 16.9. The third-order valence-corrected chi connectivity index (χ3v) is 3.47. The number of hydrogen-bond acceptors (Lipinski definition) is 5. The zero-order chi connectivity index (χ0) is 14.4. The number of amides is 1. The topological polar surface area (TPSA) is 77.8 Å². The van der Waals surface area contributed by atoms with Crippen LogP contribution in [0.3, 0.4) is 0 Å². The Morgan fingerprint density at radius 3 is 2.75 bits per heavy atom. The average Bonchev–Trinajstić information content (AvgIpc) is 2.95. The minimum absolute atomic E-state index is 0.0249. The molecule has 0 spiro atoms. The molecular formula is C13H9BrN4OS. The molecule has 20 heavy (non-hydrogen) atoms. The van der Waals surface area contributed by atoms with Gasteiger partial charge < -0.3 is 10.6 Å². The highest BCUT2D eigenvalue weighted by Gasteiger charge is 2.09. The van der Waals surface area contributed by atoms with E-state index in [2.05, 4.69) is 31.5 Å². The van der Waals surface area contributed by atoms with Gasteiger partial charge in [0.05, 0.1) is 0 Å². The van der Waals surface area contributed by atoms with Gasteiger partial charge in [-0.3, -0.25) is 4.79 Å². The number of thiazole rings is 1. The zero-order valence-electron chi connectivity index (χ0n) is 10.1. The first kappa shape index (κ1) is 14.2. The molecule has 2 aromatic rings. The molecule has 0 atom stereocenters. The summed E-state index contributed by atoms with van der Waals surface area (Å²) in [6.45, 7) is 0.